The maximum atomic E-state index is 10.7. The van der Waals surface area contributed by atoms with E-state index in [1.165, 1.54) is 0 Å². The number of hydrogen-bond donors (Lipinski definition) is 0. The number of piperidine rings is 1. The van der Waals surface area contributed by atoms with Crippen LogP contribution in [0.5, 0.6) is 5.75 Å². The average Bonchev–Trinajstić information content (AvgIpc) is 2.38. The number of hydrogen-bond acceptors (Lipinski definition) is 3. The lowest BCUT2D eigenvalue weighted by Crippen LogP contribution is -2.48. The van der Waals surface area contributed by atoms with Crippen LogP contribution < -0.4 is 4.74 Å². The van der Waals surface area contributed by atoms with Crippen molar-refractivity contribution in [3.63, 3.8) is 0 Å². The van der Waals surface area contributed by atoms with Crippen LogP contribution >= 0.6 is 0 Å². The van der Waals surface area contributed by atoms with Gasteiger partial charge in [0.1, 0.15) is 18.1 Å². The molecule has 2 rings (SSSR count). The van der Waals surface area contributed by atoms with Crippen molar-refractivity contribution in [1.29, 1.82) is 0 Å². The monoisotopic (exact) mass is 261 g/mol. The van der Waals surface area contributed by atoms with Crippen molar-refractivity contribution in [3.8, 4) is 5.75 Å². The summed E-state index contributed by atoms with van der Waals surface area (Å²) < 4.78 is 5.97. The number of likely N-dealkylation sites (tertiary alicyclic amines) is 1. The largest absolute Gasteiger partial charge is 0.490 e. The Morgan fingerprint density at radius 3 is 2.53 bits per heavy atom. The van der Waals surface area contributed by atoms with E-state index in [9.17, 15) is 4.79 Å². The summed E-state index contributed by atoms with van der Waals surface area (Å²) in [5.74, 6) is 0.804. The number of carbonyl (C=O) groups is 1. The Morgan fingerprint density at radius 1 is 1.26 bits per heavy atom. The molecule has 0 saturated carbocycles. The van der Waals surface area contributed by atoms with E-state index in [-0.39, 0.29) is 11.6 Å². The van der Waals surface area contributed by atoms with Gasteiger partial charge in [0, 0.05) is 24.2 Å². The third-order valence-electron chi connectivity index (χ3n) is 3.69. The molecular weight excluding hydrogens is 238 g/mol. The van der Waals surface area contributed by atoms with Crippen LogP contribution in [0.3, 0.4) is 0 Å². The van der Waals surface area contributed by atoms with Crippen molar-refractivity contribution in [3.05, 3.63) is 29.8 Å². The van der Waals surface area contributed by atoms with Gasteiger partial charge < -0.3 is 4.74 Å². The lowest BCUT2D eigenvalue weighted by molar-refractivity contribution is 0.0491. The molecule has 0 N–H and O–H groups in total. The van der Waals surface area contributed by atoms with Crippen molar-refractivity contribution in [1.82, 2.24) is 4.90 Å². The van der Waals surface area contributed by atoms with Crippen molar-refractivity contribution < 1.29 is 9.53 Å². The number of aldehydes is 1. The Balaban J connectivity index is 1.90. The second kappa shape index (κ2) is 5.74. The molecule has 3 heteroatoms. The molecule has 0 aliphatic carbocycles. The fourth-order valence-electron chi connectivity index (χ4n) is 2.50. The third kappa shape index (κ3) is 3.80. The van der Waals surface area contributed by atoms with Crippen molar-refractivity contribution in [2.45, 2.75) is 45.3 Å². The molecule has 0 aromatic heterocycles. The second-order valence-electron chi connectivity index (χ2n) is 6.17. The highest BCUT2D eigenvalue weighted by atomic mass is 16.5. The topological polar surface area (TPSA) is 29.5 Å². The Morgan fingerprint density at radius 2 is 1.95 bits per heavy atom. The lowest BCUT2D eigenvalue weighted by Gasteiger charge is -2.40. The molecule has 0 radical (unpaired) electrons. The lowest BCUT2D eigenvalue weighted by atomic mass is 9.99. The van der Waals surface area contributed by atoms with Crippen LogP contribution in [0.15, 0.2) is 24.3 Å². The van der Waals surface area contributed by atoms with Crippen molar-refractivity contribution >= 4 is 6.29 Å². The van der Waals surface area contributed by atoms with Gasteiger partial charge in [-0.25, -0.2) is 0 Å². The molecule has 1 heterocycles. The Kier molecular flexibility index (Phi) is 4.25. The van der Waals surface area contributed by atoms with Crippen LogP contribution in [-0.2, 0) is 0 Å². The van der Waals surface area contributed by atoms with Gasteiger partial charge in [0.15, 0.2) is 0 Å². The molecule has 104 valence electrons. The van der Waals surface area contributed by atoms with E-state index in [4.69, 9.17) is 4.74 Å². The summed E-state index contributed by atoms with van der Waals surface area (Å²) in [7, 11) is 0. The van der Waals surface area contributed by atoms with Crippen LogP contribution in [0.1, 0.15) is 44.0 Å². The molecule has 0 bridgehead atoms. The second-order valence-corrected chi connectivity index (χ2v) is 6.17. The Bertz CT molecular complexity index is 429. The first-order valence-electron chi connectivity index (χ1n) is 6.96. The number of benzene rings is 1. The minimum atomic E-state index is 0.238. The highest BCUT2D eigenvalue weighted by Gasteiger charge is 2.27. The zero-order valence-corrected chi connectivity index (χ0v) is 12.1. The molecule has 1 fully saturated rings. The number of rotatable bonds is 3. The van der Waals surface area contributed by atoms with Crippen LogP contribution in [0, 0.1) is 0 Å². The molecule has 19 heavy (non-hydrogen) atoms. The van der Waals surface area contributed by atoms with E-state index in [1.807, 2.05) is 18.2 Å². The Labute approximate surface area is 115 Å². The molecular formula is C16H23NO2. The average molecular weight is 261 g/mol. The van der Waals surface area contributed by atoms with E-state index in [1.54, 1.807) is 6.07 Å². The molecule has 1 saturated heterocycles. The molecule has 1 aromatic rings. The summed E-state index contributed by atoms with van der Waals surface area (Å²) in [5.41, 5.74) is 0.909. The SMILES string of the molecule is CC(C)(C)N1CCC(Oc2cccc(C=O)c2)CC1. The normalized spacial score (nSPS) is 18.3. The summed E-state index contributed by atoms with van der Waals surface area (Å²) >= 11 is 0. The van der Waals surface area contributed by atoms with Crippen LogP contribution in [-0.4, -0.2) is 35.9 Å². The first kappa shape index (κ1) is 14.1. The molecule has 0 amide bonds. The van der Waals surface area contributed by atoms with Gasteiger partial charge in [-0.05, 0) is 45.7 Å². The fraction of sp³-hybridized carbons (Fsp3) is 0.562. The van der Waals surface area contributed by atoms with Crippen LogP contribution in [0.4, 0.5) is 0 Å². The molecule has 1 aliphatic rings. The molecule has 0 spiro atoms. The van der Waals surface area contributed by atoms with Gasteiger partial charge in [-0.1, -0.05) is 12.1 Å². The molecule has 1 aliphatic heterocycles. The predicted molar refractivity (Wildman–Crippen MR) is 76.8 cm³/mol. The molecule has 3 nitrogen and oxygen atoms in total. The summed E-state index contributed by atoms with van der Waals surface area (Å²) in [5, 5.41) is 0. The number of ether oxygens (including phenoxy) is 1. The van der Waals surface area contributed by atoms with Crippen molar-refractivity contribution in [2.24, 2.45) is 0 Å². The molecule has 1 aromatic carbocycles. The van der Waals surface area contributed by atoms with Gasteiger partial charge >= 0.3 is 0 Å². The van der Waals surface area contributed by atoms with E-state index in [0.29, 0.717) is 5.56 Å². The van der Waals surface area contributed by atoms with Crippen LogP contribution in [0.25, 0.3) is 0 Å². The highest BCUT2D eigenvalue weighted by molar-refractivity contribution is 5.75. The van der Waals surface area contributed by atoms with Gasteiger partial charge in [-0.3, -0.25) is 9.69 Å². The van der Waals surface area contributed by atoms with Gasteiger partial charge in [0.05, 0.1) is 0 Å². The summed E-state index contributed by atoms with van der Waals surface area (Å²) in [6.45, 7) is 8.90. The van der Waals surface area contributed by atoms with E-state index < -0.39 is 0 Å². The summed E-state index contributed by atoms with van der Waals surface area (Å²) in [6.07, 6.45) is 3.21. The van der Waals surface area contributed by atoms with Gasteiger partial charge in [-0.2, -0.15) is 0 Å². The van der Waals surface area contributed by atoms with E-state index in [2.05, 4.69) is 25.7 Å². The zero-order chi connectivity index (χ0) is 13.9. The smallest absolute Gasteiger partial charge is 0.150 e. The van der Waals surface area contributed by atoms with E-state index >= 15 is 0 Å². The number of nitrogens with zero attached hydrogens (tertiary/aromatic N) is 1. The minimum Gasteiger partial charge on any atom is -0.490 e. The number of carbonyl (C=O) groups excluding carboxylic acids is 1. The minimum absolute atomic E-state index is 0.238. The molecule has 0 atom stereocenters. The van der Waals surface area contributed by atoms with Gasteiger partial charge in [0.25, 0.3) is 0 Å². The third-order valence-corrected chi connectivity index (χ3v) is 3.69. The fourth-order valence-corrected chi connectivity index (χ4v) is 2.50. The maximum absolute atomic E-state index is 10.7. The highest BCUT2D eigenvalue weighted by Crippen LogP contribution is 2.23. The molecule has 0 unspecified atom stereocenters. The first-order valence-corrected chi connectivity index (χ1v) is 6.96. The van der Waals surface area contributed by atoms with Gasteiger partial charge in [-0.15, -0.1) is 0 Å². The first-order chi connectivity index (χ1) is 8.99. The zero-order valence-electron chi connectivity index (χ0n) is 12.1. The maximum Gasteiger partial charge on any atom is 0.150 e. The summed E-state index contributed by atoms with van der Waals surface area (Å²) in [6, 6.07) is 7.39. The van der Waals surface area contributed by atoms with Crippen molar-refractivity contribution in [2.75, 3.05) is 13.1 Å². The van der Waals surface area contributed by atoms with E-state index in [0.717, 1.165) is 38.0 Å². The standard InChI is InChI=1S/C16H23NO2/c1-16(2,3)17-9-7-14(8-10-17)19-15-6-4-5-13(11-15)12-18/h4-6,11-12,14H,7-10H2,1-3H3. The van der Waals surface area contributed by atoms with Gasteiger partial charge in [0.2, 0.25) is 0 Å². The summed E-state index contributed by atoms with van der Waals surface area (Å²) in [4.78, 5) is 13.2. The predicted octanol–water partition coefficient (Wildman–Crippen LogP) is 3.14. The van der Waals surface area contributed by atoms with Crippen LogP contribution in [0.2, 0.25) is 0 Å². The Hall–Kier alpha value is -1.35. The quantitative estimate of drug-likeness (QED) is 0.783.